The minimum Gasteiger partial charge on any atom is -0.307 e. The van der Waals surface area contributed by atoms with Crippen molar-refractivity contribution in [3.63, 3.8) is 0 Å². The van der Waals surface area contributed by atoms with Crippen molar-refractivity contribution in [3.05, 3.63) is 132 Å². The summed E-state index contributed by atoms with van der Waals surface area (Å²) < 4.78 is 26.4. The zero-order chi connectivity index (χ0) is 27.2. The van der Waals surface area contributed by atoms with Crippen LogP contribution in [0.5, 0.6) is 0 Å². The standard InChI is InChI=1S/C33H35NO3S/c1-33(2,3)30-21-13-14-22-31(30)34(25-26-15-7-4-8-16-26)32(35)29(27-17-9-5-10-18-27)23-24-38(36,37)28-19-11-6-12-20-28/h4-22,29H,23-25H2,1-3H3/t29-/m0/s1. The second-order valence-corrected chi connectivity index (χ2v) is 12.7. The summed E-state index contributed by atoms with van der Waals surface area (Å²) in [4.78, 5) is 16.6. The molecular formula is C33H35NO3S. The van der Waals surface area contributed by atoms with Gasteiger partial charge in [-0.25, -0.2) is 8.42 Å². The number of amides is 1. The SMILES string of the molecule is CC(C)(C)c1ccccc1N(Cc1ccccc1)C(=O)[C@@H](CCS(=O)(=O)c1ccccc1)c1ccccc1. The lowest BCUT2D eigenvalue weighted by Crippen LogP contribution is -2.37. The number of nitrogens with zero attached hydrogens (tertiary/aromatic N) is 1. The molecule has 0 spiro atoms. The summed E-state index contributed by atoms with van der Waals surface area (Å²) in [5.74, 6) is -0.853. The van der Waals surface area contributed by atoms with Crippen LogP contribution in [0.1, 0.15) is 49.8 Å². The number of benzene rings is 4. The largest absolute Gasteiger partial charge is 0.307 e. The normalized spacial score (nSPS) is 12.6. The monoisotopic (exact) mass is 525 g/mol. The van der Waals surface area contributed by atoms with Gasteiger partial charge in [-0.1, -0.05) is 118 Å². The number of hydrogen-bond acceptors (Lipinski definition) is 3. The van der Waals surface area contributed by atoms with E-state index in [0.717, 1.165) is 22.4 Å². The Morgan fingerprint density at radius 1 is 0.737 bits per heavy atom. The lowest BCUT2D eigenvalue weighted by atomic mass is 9.85. The third kappa shape index (κ3) is 6.59. The highest BCUT2D eigenvalue weighted by Gasteiger charge is 2.31. The number of carbonyl (C=O) groups is 1. The molecule has 0 aliphatic carbocycles. The van der Waals surface area contributed by atoms with Gasteiger partial charge in [0.1, 0.15) is 0 Å². The molecule has 0 bridgehead atoms. The van der Waals surface area contributed by atoms with Crippen LogP contribution in [0.15, 0.2) is 120 Å². The van der Waals surface area contributed by atoms with Crippen molar-refractivity contribution in [2.24, 2.45) is 0 Å². The number of anilines is 1. The molecule has 196 valence electrons. The number of carbonyl (C=O) groups excluding carboxylic acids is 1. The fourth-order valence-electron chi connectivity index (χ4n) is 4.72. The lowest BCUT2D eigenvalue weighted by Gasteiger charge is -2.33. The number of rotatable bonds is 9. The fraction of sp³-hybridized carbons (Fsp3) is 0.242. The van der Waals surface area contributed by atoms with Gasteiger partial charge in [-0.05, 0) is 46.7 Å². The molecule has 38 heavy (non-hydrogen) atoms. The van der Waals surface area contributed by atoms with Gasteiger partial charge in [0.25, 0.3) is 0 Å². The molecule has 4 nitrogen and oxygen atoms in total. The Labute approximate surface area is 226 Å². The first-order valence-corrected chi connectivity index (χ1v) is 14.6. The molecule has 1 amide bonds. The van der Waals surface area contributed by atoms with E-state index in [1.54, 1.807) is 30.3 Å². The van der Waals surface area contributed by atoms with Gasteiger partial charge in [-0.2, -0.15) is 0 Å². The maximum absolute atomic E-state index is 14.5. The molecule has 4 aromatic rings. The Kier molecular flexibility index (Phi) is 8.48. The lowest BCUT2D eigenvalue weighted by molar-refractivity contribution is -0.120. The molecule has 1 atom stereocenters. The molecule has 0 aliphatic heterocycles. The van der Waals surface area contributed by atoms with Gasteiger partial charge >= 0.3 is 0 Å². The predicted octanol–water partition coefficient (Wildman–Crippen LogP) is 7.17. The van der Waals surface area contributed by atoms with Crippen LogP contribution in [0.2, 0.25) is 0 Å². The van der Waals surface area contributed by atoms with Crippen LogP contribution in [0, 0.1) is 0 Å². The van der Waals surface area contributed by atoms with Gasteiger partial charge in [0.05, 0.1) is 23.1 Å². The molecule has 0 saturated heterocycles. The summed E-state index contributed by atoms with van der Waals surface area (Å²) in [5.41, 5.74) is 3.54. The summed E-state index contributed by atoms with van der Waals surface area (Å²) >= 11 is 0. The Bertz CT molecular complexity index is 1440. The first-order valence-electron chi connectivity index (χ1n) is 12.9. The molecule has 0 N–H and O–H groups in total. The number of sulfone groups is 1. The maximum Gasteiger partial charge on any atom is 0.234 e. The van der Waals surface area contributed by atoms with Gasteiger partial charge in [-0.3, -0.25) is 4.79 Å². The van der Waals surface area contributed by atoms with Crippen molar-refractivity contribution >= 4 is 21.4 Å². The molecule has 0 fully saturated rings. The summed E-state index contributed by atoms with van der Waals surface area (Å²) in [6.07, 6.45) is 0.184. The molecule has 0 saturated carbocycles. The summed E-state index contributed by atoms with van der Waals surface area (Å²) in [6.45, 7) is 6.80. The maximum atomic E-state index is 14.5. The van der Waals surface area contributed by atoms with Gasteiger partial charge in [0.15, 0.2) is 9.84 Å². The van der Waals surface area contributed by atoms with E-state index in [0.29, 0.717) is 6.54 Å². The average molecular weight is 526 g/mol. The van der Waals surface area contributed by atoms with E-state index in [1.165, 1.54) is 0 Å². The first-order chi connectivity index (χ1) is 18.2. The molecular weight excluding hydrogens is 490 g/mol. The minimum atomic E-state index is -3.55. The van der Waals surface area contributed by atoms with Crippen LogP contribution >= 0.6 is 0 Å². The first kappa shape index (κ1) is 27.3. The molecule has 5 heteroatoms. The van der Waals surface area contributed by atoms with Crippen molar-refractivity contribution in [1.29, 1.82) is 0 Å². The molecule has 0 unspecified atom stereocenters. The third-order valence-corrected chi connectivity index (χ3v) is 8.49. The molecule has 4 aromatic carbocycles. The highest BCUT2D eigenvalue weighted by Crippen LogP contribution is 2.35. The predicted molar refractivity (Wildman–Crippen MR) is 155 cm³/mol. The Morgan fingerprint density at radius 2 is 1.26 bits per heavy atom. The van der Waals surface area contributed by atoms with Gasteiger partial charge in [0, 0.05) is 5.69 Å². The molecule has 0 radical (unpaired) electrons. The summed E-state index contributed by atoms with van der Waals surface area (Å²) in [7, 11) is -3.55. The topological polar surface area (TPSA) is 54.5 Å². The van der Waals surface area contributed by atoms with Gasteiger partial charge < -0.3 is 4.90 Å². The quantitative estimate of drug-likeness (QED) is 0.233. The van der Waals surface area contributed by atoms with Gasteiger partial charge in [0.2, 0.25) is 5.91 Å². The van der Waals surface area contributed by atoms with Crippen LogP contribution < -0.4 is 4.90 Å². The van der Waals surface area contributed by atoms with Crippen molar-refractivity contribution < 1.29 is 13.2 Å². The zero-order valence-electron chi connectivity index (χ0n) is 22.2. The second kappa shape index (κ2) is 11.8. The van der Waals surface area contributed by atoms with Crippen molar-refractivity contribution in [2.75, 3.05) is 10.7 Å². The van der Waals surface area contributed by atoms with E-state index in [4.69, 9.17) is 0 Å². The minimum absolute atomic E-state index is 0.111. The summed E-state index contributed by atoms with van der Waals surface area (Å²) in [6, 6.07) is 35.9. The molecule has 0 aliphatic rings. The van der Waals surface area contributed by atoms with Gasteiger partial charge in [-0.15, -0.1) is 0 Å². The van der Waals surface area contributed by atoms with Crippen LogP contribution in [-0.4, -0.2) is 20.1 Å². The zero-order valence-corrected chi connectivity index (χ0v) is 23.1. The average Bonchev–Trinajstić information content (AvgIpc) is 2.93. The van der Waals surface area contributed by atoms with Crippen molar-refractivity contribution in [3.8, 4) is 0 Å². The van der Waals surface area contributed by atoms with Crippen LogP contribution in [-0.2, 0) is 26.6 Å². The Balaban J connectivity index is 1.76. The van der Waals surface area contributed by atoms with E-state index < -0.39 is 15.8 Å². The van der Waals surface area contributed by atoms with E-state index in [-0.39, 0.29) is 28.4 Å². The van der Waals surface area contributed by atoms with E-state index in [9.17, 15) is 13.2 Å². The molecule has 0 aromatic heterocycles. The van der Waals surface area contributed by atoms with E-state index >= 15 is 0 Å². The smallest absolute Gasteiger partial charge is 0.234 e. The number of para-hydroxylation sites is 1. The highest BCUT2D eigenvalue weighted by molar-refractivity contribution is 7.91. The third-order valence-electron chi connectivity index (χ3n) is 6.73. The van der Waals surface area contributed by atoms with Crippen LogP contribution in [0.3, 0.4) is 0 Å². The Hall–Kier alpha value is -3.70. The van der Waals surface area contributed by atoms with Crippen molar-refractivity contribution in [1.82, 2.24) is 0 Å². The highest BCUT2D eigenvalue weighted by atomic mass is 32.2. The molecule has 4 rings (SSSR count). The second-order valence-electron chi connectivity index (χ2n) is 10.6. The van der Waals surface area contributed by atoms with Crippen molar-refractivity contribution in [2.45, 2.75) is 50.0 Å². The fourth-order valence-corrected chi connectivity index (χ4v) is 6.07. The van der Waals surface area contributed by atoms with E-state index in [1.807, 2.05) is 83.8 Å². The Morgan fingerprint density at radius 3 is 1.87 bits per heavy atom. The number of hydrogen-bond donors (Lipinski definition) is 0. The summed E-state index contributed by atoms with van der Waals surface area (Å²) in [5, 5.41) is 0. The molecule has 0 heterocycles. The van der Waals surface area contributed by atoms with Crippen LogP contribution in [0.4, 0.5) is 5.69 Å². The van der Waals surface area contributed by atoms with Crippen LogP contribution in [0.25, 0.3) is 0 Å². The van der Waals surface area contributed by atoms with E-state index in [2.05, 4.69) is 26.8 Å².